The molecule has 11 heteroatoms. The van der Waals surface area contributed by atoms with Crippen molar-refractivity contribution in [1.29, 1.82) is 0 Å². The monoisotopic (exact) mass is 1760 g/mol. The zero-order valence-corrected chi connectivity index (χ0v) is 74.8. The summed E-state index contributed by atoms with van der Waals surface area (Å²) in [7, 11) is 0. The highest BCUT2D eigenvalue weighted by Crippen LogP contribution is 2.43. The molecule has 28 rings (SSSR count). The number of rotatable bonds is 13. The SMILES string of the molecule is c1ccc(-c2nc(-c3ccc(-n4c5ccccc5c5ccccc54)cc3)ccc2-c2ccc(-n3c4ccccc4c4ccccc43)cc2)cc1.c1ccc2c(c1)c1ccccc1n2-c1ccc(-c2cnc(-c3ccc(-n4c5ccccc5c5ccccc54)cc3)cn2)cc1.c1ccc2c(c1)c1ccccc1n2-c1ccc(-c2cnc(-c3ccc(-n4c5ccccc5c5ccccc54)cc3)nc2)cc1. The van der Waals surface area contributed by atoms with Crippen molar-refractivity contribution >= 4 is 131 Å². The summed E-state index contributed by atoms with van der Waals surface area (Å²) in [6.45, 7) is 0. The van der Waals surface area contributed by atoms with Crippen LogP contribution in [0.15, 0.2) is 504 Å². The molecule has 0 spiro atoms. The number of para-hydroxylation sites is 12. The van der Waals surface area contributed by atoms with Gasteiger partial charge < -0.3 is 27.4 Å². The van der Waals surface area contributed by atoms with Crippen LogP contribution in [-0.2, 0) is 0 Å². The maximum atomic E-state index is 5.32. The van der Waals surface area contributed by atoms with Crippen LogP contribution in [0.1, 0.15) is 0 Å². The minimum atomic E-state index is 0.712. The molecule has 0 N–H and O–H groups in total. The van der Waals surface area contributed by atoms with Gasteiger partial charge in [0.1, 0.15) is 0 Å². The Morgan fingerprint density at radius 1 is 0.130 bits per heavy atom. The first-order valence-electron chi connectivity index (χ1n) is 46.7. The summed E-state index contributed by atoms with van der Waals surface area (Å²) < 4.78 is 14.0. The highest BCUT2D eigenvalue weighted by atomic mass is 15.0. The molecule has 19 aromatic carbocycles. The summed E-state index contributed by atoms with van der Waals surface area (Å²) in [6.07, 6.45) is 7.56. The van der Waals surface area contributed by atoms with Gasteiger partial charge in [-0.1, -0.05) is 315 Å². The fraction of sp³-hybridized carbons (Fsp3) is 0. The molecule has 0 fully saturated rings. The first-order chi connectivity index (χ1) is 68.5. The summed E-state index contributed by atoms with van der Waals surface area (Å²) in [5.74, 6) is 0.712. The first kappa shape index (κ1) is 80.2. The minimum Gasteiger partial charge on any atom is -0.309 e. The molecule has 138 heavy (non-hydrogen) atoms. The lowest BCUT2D eigenvalue weighted by Gasteiger charge is -2.14. The van der Waals surface area contributed by atoms with E-state index in [4.69, 9.17) is 24.9 Å². The lowest BCUT2D eigenvalue weighted by Crippen LogP contribution is -1.96. The fourth-order valence-electron chi connectivity index (χ4n) is 20.8. The van der Waals surface area contributed by atoms with Crippen LogP contribution in [0.4, 0.5) is 0 Å². The molecule has 11 nitrogen and oxygen atoms in total. The summed E-state index contributed by atoms with van der Waals surface area (Å²) in [5.41, 5.74) is 34.4. The van der Waals surface area contributed by atoms with E-state index in [0.29, 0.717) is 5.82 Å². The molecule has 0 amide bonds. The van der Waals surface area contributed by atoms with Crippen molar-refractivity contribution in [2.24, 2.45) is 0 Å². The van der Waals surface area contributed by atoms with Crippen LogP contribution in [0.3, 0.4) is 0 Å². The van der Waals surface area contributed by atoms with Gasteiger partial charge in [-0.2, -0.15) is 0 Å². The van der Waals surface area contributed by atoms with Crippen molar-refractivity contribution < 1.29 is 0 Å². The molecule has 646 valence electrons. The van der Waals surface area contributed by atoms with E-state index in [1.54, 1.807) is 0 Å². The molecular weight excluding hydrogens is 1680 g/mol. The van der Waals surface area contributed by atoms with Crippen molar-refractivity contribution in [1.82, 2.24) is 52.3 Å². The highest BCUT2D eigenvalue weighted by molar-refractivity contribution is 6.14. The molecular formula is C127H83N11. The minimum absolute atomic E-state index is 0.712. The fourth-order valence-corrected chi connectivity index (χ4v) is 20.8. The lowest BCUT2D eigenvalue weighted by atomic mass is 9.97. The Kier molecular flexibility index (Phi) is 19.7. The number of hydrogen-bond donors (Lipinski definition) is 0. The predicted molar refractivity (Wildman–Crippen MR) is 572 cm³/mol. The van der Waals surface area contributed by atoms with Gasteiger partial charge in [-0.3, -0.25) is 9.97 Å². The smallest absolute Gasteiger partial charge is 0.159 e. The highest BCUT2D eigenvalue weighted by Gasteiger charge is 2.22. The van der Waals surface area contributed by atoms with Gasteiger partial charge in [-0.05, 0) is 175 Å². The molecule has 9 aromatic heterocycles. The standard InChI is InChI=1S/C47H31N3.2C40H26N4/c1-2-12-34(13-3-1)47-37(32-22-26-35(27-23-32)49-43-18-8-4-14-38(43)39-15-5-9-19-44(39)49)30-31-42(48-47)33-24-28-36(29-25-33)50-45-20-10-6-16-40(45)41-17-7-11-21-46(41)50;1-5-13-36-32(9-1)33-10-2-6-14-37(33)43(36)30-21-17-27(18-22-30)29-25-41-40(42-26-29)28-19-23-31(24-20-28)44-38-15-7-3-11-34(38)35-12-4-8-16-39(35)44;1-5-13-37-31(9-1)32-10-2-6-14-38(32)43(37)29-21-17-27(18-22-29)35-25-42-36(26-41-35)28-19-23-30(24-20-28)44-39-15-7-3-11-33(39)34-12-4-8-16-40(34)44/h1-31H;2*1-26H. The van der Waals surface area contributed by atoms with Gasteiger partial charge in [-0.25, -0.2) is 15.0 Å². The van der Waals surface area contributed by atoms with Gasteiger partial charge >= 0.3 is 0 Å². The van der Waals surface area contributed by atoms with E-state index in [9.17, 15) is 0 Å². The number of benzene rings is 19. The van der Waals surface area contributed by atoms with Gasteiger partial charge in [0.2, 0.25) is 0 Å². The largest absolute Gasteiger partial charge is 0.309 e. The van der Waals surface area contributed by atoms with Crippen LogP contribution in [0.25, 0.3) is 244 Å². The Hall–Kier alpha value is -18.7. The second-order valence-corrected chi connectivity index (χ2v) is 35.0. The first-order valence-corrected chi connectivity index (χ1v) is 46.7. The zero-order valence-electron chi connectivity index (χ0n) is 74.8. The van der Waals surface area contributed by atoms with E-state index < -0.39 is 0 Å². The van der Waals surface area contributed by atoms with Crippen LogP contribution in [0, 0.1) is 0 Å². The second-order valence-electron chi connectivity index (χ2n) is 35.0. The Morgan fingerprint density at radius 2 is 0.341 bits per heavy atom. The average Bonchev–Trinajstić information content (AvgIpc) is 1.61. The van der Waals surface area contributed by atoms with E-state index in [0.717, 1.165) is 107 Å². The Balaban J connectivity index is 0.000000107. The van der Waals surface area contributed by atoms with E-state index in [2.05, 4.69) is 507 Å². The Morgan fingerprint density at radius 3 is 0.587 bits per heavy atom. The zero-order chi connectivity index (χ0) is 91.1. The molecule has 0 atom stereocenters. The third-order valence-corrected chi connectivity index (χ3v) is 27.3. The third kappa shape index (κ3) is 13.9. The summed E-state index contributed by atoms with van der Waals surface area (Å²) in [5, 5.41) is 15.1. The number of nitrogens with zero attached hydrogens (tertiary/aromatic N) is 11. The van der Waals surface area contributed by atoms with Gasteiger partial charge in [-0.15, -0.1) is 0 Å². The molecule has 0 radical (unpaired) electrons. The van der Waals surface area contributed by atoms with Gasteiger partial charge in [0.05, 0.1) is 101 Å². The van der Waals surface area contributed by atoms with Crippen LogP contribution in [-0.4, -0.2) is 52.3 Å². The molecule has 0 aliphatic rings. The van der Waals surface area contributed by atoms with Crippen LogP contribution >= 0.6 is 0 Å². The van der Waals surface area contributed by atoms with Gasteiger partial charge in [0, 0.05) is 150 Å². The Labute approximate surface area is 794 Å². The summed E-state index contributed by atoms with van der Waals surface area (Å²) >= 11 is 0. The molecule has 0 unspecified atom stereocenters. The molecule has 0 saturated heterocycles. The molecule has 9 heterocycles. The molecule has 0 bridgehead atoms. The van der Waals surface area contributed by atoms with Crippen molar-refractivity contribution in [2.45, 2.75) is 0 Å². The third-order valence-electron chi connectivity index (χ3n) is 27.3. The second kappa shape index (κ2) is 33.8. The van der Waals surface area contributed by atoms with Crippen LogP contribution in [0.5, 0.6) is 0 Å². The maximum Gasteiger partial charge on any atom is 0.159 e. The van der Waals surface area contributed by atoms with Gasteiger partial charge in [0.25, 0.3) is 0 Å². The van der Waals surface area contributed by atoms with Crippen LogP contribution in [0.2, 0.25) is 0 Å². The van der Waals surface area contributed by atoms with E-state index in [1.165, 1.54) is 131 Å². The van der Waals surface area contributed by atoms with E-state index in [-0.39, 0.29) is 0 Å². The molecule has 0 aliphatic carbocycles. The summed E-state index contributed by atoms with van der Waals surface area (Å²) in [4.78, 5) is 24.4. The number of hydrogen-bond acceptors (Lipinski definition) is 5. The van der Waals surface area contributed by atoms with Gasteiger partial charge in [0.15, 0.2) is 5.82 Å². The quantitative estimate of drug-likeness (QED) is 0.115. The van der Waals surface area contributed by atoms with Crippen molar-refractivity contribution in [3.8, 4) is 113 Å². The average molecular weight is 1760 g/mol. The lowest BCUT2D eigenvalue weighted by molar-refractivity contribution is 1.16. The Bertz CT molecular complexity index is 8490. The molecule has 0 aliphatic heterocycles. The van der Waals surface area contributed by atoms with Crippen molar-refractivity contribution in [3.63, 3.8) is 0 Å². The number of aromatic nitrogens is 11. The number of pyridine rings is 1. The molecule has 0 saturated carbocycles. The topological polar surface area (TPSA) is 94.0 Å². The predicted octanol–water partition coefficient (Wildman–Crippen LogP) is 32.3. The van der Waals surface area contributed by atoms with Crippen LogP contribution < -0.4 is 0 Å². The van der Waals surface area contributed by atoms with Crippen molar-refractivity contribution in [3.05, 3.63) is 504 Å². The molecule has 28 aromatic rings. The van der Waals surface area contributed by atoms with E-state index in [1.807, 2.05) is 24.8 Å². The maximum absolute atomic E-state index is 5.32. The van der Waals surface area contributed by atoms with Crippen molar-refractivity contribution in [2.75, 3.05) is 0 Å². The number of fused-ring (bicyclic) bond motifs is 18. The summed E-state index contributed by atoms with van der Waals surface area (Å²) in [6, 6.07) is 170. The normalized spacial score (nSPS) is 11.6. The van der Waals surface area contributed by atoms with E-state index >= 15 is 0 Å².